The van der Waals surface area contributed by atoms with Crippen LogP contribution in [0.2, 0.25) is 0 Å². The SMILES string of the molecule is CCCCN(C)S(=O)(=O)N[C@H](C)C(=O)OC(C)(C)C. The van der Waals surface area contributed by atoms with Gasteiger partial charge in [-0.15, -0.1) is 0 Å². The molecule has 0 amide bonds. The molecule has 7 heteroatoms. The lowest BCUT2D eigenvalue weighted by Gasteiger charge is -2.24. The Morgan fingerprint density at radius 1 is 1.37 bits per heavy atom. The van der Waals surface area contributed by atoms with Crippen molar-refractivity contribution in [3.8, 4) is 0 Å². The van der Waals surface area contributed by atoms with E-state index >= 15 is 0 Å². The zero-order chi connectivity index (χ0) is 15.3. The van der Waals surface area contributed by atoms with Crippen molar-refractivity contribution in [2.75, 3.05) is 13.6 Å². The molecule has 114 valence electrons. The van der Waals surface area contributed by atoms with Gasteiger partial charge in [0.25, 0.3) is 10.2 Å². The quantitative estimate of drug-likeness (QED) is 0.718. The Labute approximate surface area is 116 Å². The fourth-order valence-electron chi connectivity index (χ4n) is 1.25. The van der Waals surface area contributed by atoms with Crippen LogP contribution in [0.4, 0.5) is 0 Å². The molecule has 0 heterocycles. The van der Waals surface area contributed by atoms with E-state index < -0.39 is 27.8 Å². The van der Waals surface area contributed by atoms with Crippen LogP contribution in [-0.2, 0) is 19.7 Å². The molecule has 0 bridgehead atoms. The van der Waals surface area contributed by atoms with Crippen LogP contribution in [-0.4, -0.2) is 43.9 Å². The van der Waals surface area contributed by atoms with Gasteiger partial charge in [-0.25, -0.2) is 0 Å². The molecular formula is C12H26N2O4S. The van der Waals surface area contributed by atoms with E-state index in [0.717, 1.165) is 12.8 Å². The Bertz CT molecular complexity index is 387. The maximum Gasteiger partial charge on any atom is 0.324 e. The van der Waals surface area contributed by atoms with Crippen molar-refractivity contribution in [3.05, 3.63) is 0 Å². The van der Waals surface area contributed by atoms with Crippen LogP contribution in [0, 0.1) is 0 Å². The normalized spacial score (nSPS) is 14.5. The third kappa shape index (κ3) is 7.49. The van der Waals surface area contributed by atoms with Crippen LogP contribution in [0.5, 0.6) is 0 Å². The molecule has 0 saturated heterocycles. The molecule has 0 fully saturated rings. The van der Waals surface area contributed by atoms with E-state index in [1.807, 2.05) is 6.92 Å². The van der Waals surface area contributed by atoms with Crippen molar-refractivity contribution in [3.63, 3.8) is 0 Å². The van der Waals surface area contributed by atoms with Crippen LogP contribution in [0.3, 0.4) is 0 Å². The molecule has 0 unspecified atom stereocenters. The van der Waals surface area contributed by atoms with Crippen molar-refractivity contribution < 1.29 is 17.9 Å². The Hall–Kier alpha value is -0.660. The Balaban J connectivity index is 4.53. The van der Waals surface area contributed by atoms with Gasteiger partial charge in [0.2, 0.25) is 0 Å². The Kier molecular flexibility index (Phi) is 6.96. The highest BCUT2D eigenvalue weighted by Gasteiger charge is 2.27. The predicted molar refractivity (Wildman–Crippen MR) is 74.9 cm³/mol. The molecule has 0 saturated carbocycles. The van der Waals surface area contributed by atoms with Gasteiger partial charge in [0.05, 0.1) is 0 Å². The molecule has 0 aliphatic carbocycles. The average Bonchev–Trinajstić information content (AvgIpc) is 2.22. The number of rotatable bonds is 7. The molecular weight excluding hydrogens is 268 g/mol. The molecule has 0 aliphatic rings. The summed E-state index contributed by atoms with van der Waals surface area (Å²) in [5.74, 6) is -0.583. The predicted octanol–water partition coefficient (Wildman–Crippen LogP) is 1.28. The van der Waals surface area contributed by atoms with Gasteiger partial charge in [-0.3, -0.25) is 4.79 Å². The van der Waals surface area contributed by atoms with Gasteiger partial charge in [0.15, 0.2) is 0 Å². The number of nitrogens with zero attached hydrogens (tertiary/aromatic N) is 1. The zero-order valence-electron chi connectivity index (χ0n) is 12.7. The topological polar surface area (TPSA) is 75.7 Å². The summed E-state index contributed by atoms with van der Waals surface area (Å²) in [4.78, 5) is 11.7. The molecule has 19 heavy (non-hydrogen) atoms. The fraction of sp³-hybridized carbons (Fsp3) is 0.917. The smallest absolute Gasteiger partial charge is 0.324 e. The summed E-state index contributed by atoms with van der Waals surface area (Å²) in [6, 6.07) is -0.909. The summed E-state index contributed by atoms with van der Waals surface area (Å²) >= 11 is 0. The van der Waals surface area contributed by atoms with Gasteiger partial charge in [-0.2, -0.15) is 17.4 Å². The van der Waals surface area contributed by atoms with Crippen LogP contribution in [0.15, 0.2) is 0 Å². The van der Waals surface area contributed by atoms with Crippen molar-refractivity contribution in [2.45, 2.75) is 59.1 Å². The summed E-state index contributed by atoms with van der Waals surface area (Å²) in [6.45, 7) is 9.09. The molecule has 0 aliphatic heterocycles. The number of ether oxygens (including phenoxy) is 1. The van der Waals surface area contributed by atoms with Crippen molar-refractivity contribution in [1.29, 1.82) is 0 Å². The summed E-state index contributed by atoms with van der Waals surface area (Å²) in [5.41, 5.74) is -0.634. The van der Waals surface area contributed by atoms with Gasteiger partial charge < -0.3 is 4.74 Å². The molecule has 0 rings (SSSR count). The first kappa shape index (κ1) is 18.3. The molecule has 0 spiro atoms. The summed E-state index contributed by atoms with van der Waals surface area (Å²) < 4.78 is 32.5. The van der Waals surface area contributed by atoms with Gasteiger partial charge in [-0.1, -0.05) is 13.3 Å². The number of unbranched alkanes of at least 4 members (excludes halogenated alkanes) is 1. The molecule has 1 atom stereocenters. The largest absolute Gasteiger partial charge is 0.459 e. The lowest BCUT2D eigenvalue weighted by molar-refractivity contribution is -0.156. The lowest BCUT2D eigenvalue weighted by Crippen LogP contribution is -2.47. The van der Waals surface area contributed by atoms with Crippen LogP contribution in [0.25, 0.3) is 0 Å². The highest BCUT2D eigenvalue weighted by molar-refractivity contribution is 7.87. The minimum absolute atomic E-state index is 0.423. The number of carbonyl (C=O) groups excluding carboxylic acids is 1. The second kappa shape index (κ2) is 7.21. The number of esters is 1. The van der Waals surface area contributed by atoms with E-state index in [9.17, 15) is 13.2 Å². The van der Waals surface area contributed by atoms with E-state index in [1.54, 1.807) is 20.8 Å². The van der Waals surface area contributed by atoms with Crippen molar-refractivity contribution >= 4 is 16.2 Å². The first-order chi connectivity index (χ1) is 8.49. The third-order valence-corrected chi connectivity index (χ3v) is 3.98. The second-order valence-electron chi connectivity index (χ2n) is 5.55. The minimum atomic E-state index is -3.65. The number of carbonyl (C=O) groups is 1. The molecule has 0 radical (unpaired) electrons. The number of nitrogens with one attached hydrogen (secondary N) is 1. The monoisotopic (exact) mass is 294 g/mol. The van der Waals surface area contributed by atoms with E-state index in [1.165, 1.54) is 18.3 Å². The van der Waals surface area contributed by atoms with Gasteiger partial charge in [0, 0.05) is 13.6 Å². The standard InChI is InChI=1S/C12H26N2O4S/c1-7-8-9-14(6)19(16,17)13-10(2)11(15)18-12(3,4)5/h10,13H,7-9H2,1-6H3/t10-/m1/s1. The first-order valence-electron chi connectivity index (χ1n) is 6.46. The molecule has 0 aromatic carbocycles. The van der Waals surface area contributed by atoms with E-state index in [0.29, 0.717) is 6.54 Å². The van der Waals surface area contributed by atoms with Gasteiger partial charge in [0.1, 0.15) is 11.6 Å². The Morgan fingerprint density at radius 2 is 1.89 bits per heavy atom. The van der Waals surface area contributed by atoms with E-state index in [-0.39, 0.29) is 0 Å². The minimum Gasteiger partial charge on any atom is -0.459 e. The molecule has 0 aromatic heterocycles. The number of hydrogen-bond acceptors (Lipinski definition) is 4. The summed E-state index contributed by atoms with van der Waals surface area (Å²) in [7, 11) is -2.16. The highest BCUT2D eigenvalue weighted by Crippen LogP contribution is 2.09. The zero-order valence-corrected chi connectivity index (χ0v) is 13.5. The Morgan fingerprint density at radius 3 is 2.32 bits per heavy atom. The van der Waals surface area contributed by atoms with Gasteiger partial charge >= 0.3 is 5.97 Å². The maximum atomic E-state index is 11.9. The van der Waals surface area contributed by atoms with Gasteiger partial charge in [-0.05, 0) is 34.1 Å². The highest BCUT2D eigenvalue weighted by atomic mass is 32.2. The number of hydrogen-bond donors (Lipinski definition) is 1. The maximum absolute atomic E-state index is 11.9. The van der Waals surface area contributed by atoms with E-state index in [2.05, 4.69) is 4.72 Å². The van der Waals surface area contributed by atoms with Crippen LogP contribution < -0.4 is 4.72 Å². The third-order valence-electron chi connectivity index (χ3n) is 2.32. The first-order valence-corrected chi connectivity index (χ1v) is 7.90. The molecule has 1 N–H and O–H groups in total. The summed E-state index contributed by atoms with van der Waals surface area (Å²) in [6.07, 6.45) is 1.68. The summed E-state index contributed by atoms with van der Waals surface area (Å²) in [5, 5.41) is 0. The molecule has 6 nitrogen and oxygen atoms in total. The van der Waals surface area contributed by atoms with Crippen LogP contribution >= 0.6 is 0 Å². The molecule has 0 aromatic rings. The lowest BCUT2D eigenvalue weighted by atomic mass is 10.2. The van der Waals surface area contributed by atoms with Crippen molar-refractivity contribution in [1.82, 2.24) is 9.03 Å². The fourth-order valence-corrected chi connectivity index (χ4v) is 2.35. The van der Waals surface area contributed by atoms with Crippen LogP contribution in [0.1, 0.15) is 47.5 Å². The van der Waals surface area contributed by atoms with Crippen molar-refractivity contribution in [2.24, 2.45) is 0 Å². The second-order valence-corrected chi connectivity index (χ2v) is 7.36. The van der Waals surface area contributed by atoms with E-state index in [4.69, 9.17) is 4.74 Å². The average molecular weight is 294 g/mol.